The number of carbonyl (C=O) groups excluding carboxylic acids is 2. The first-order valence-electron chi connectivity index (χ1n) is 7.41. The van der Waals surface area contributed by atoms with Gasteiger partial charge in [-0.15, -0.1) is 11.8 Å². The van der Waals surface area contributed by atoms with Gasteiger partial charge in [-0.25, -0.2) is 5.01 Å². The van der Waals surface area contributed by atoms with Crippen LogP contribution in [0.15, 0.2) is 29.2 Å². The lowest BCUT2D eigenvalue weighted by molar-refractivity contribution is -0.128. The molecule has 0 aromatic heterocycles. The highest BCUT2D eigenvalue weighted by Gasteiger charge is 2.29. The van der Waals surface area contributed by atoms with Crippen molar-refractivity contribution in [2.45, 2.75) is 16.6 Å². The minimum atomic E-state index is -0.373. The number of hydrazine groups is 1. The topological polar surface area (TPSA) is 64.7 Å². The first-order valence-corrected chi connectivity index (χ1v) is 8.29. The average molecular weight is 320 g/mol. The first-order chi connectivity index (χ1) is 10.6. The summed E-state index contributed by atoms with van der Waals surface area (Å²) in [4.78, 5) is 27.5. The fourth-order valence-electron chi connectivity index (χ4n) is 2.54. The SMILES string of the molecule is CN1CCN(NC(=O)C[C@@H]2Sc3ccccc3NC2=O)CC1. The van der Waals surface area contributed by atoms with E-state index in [0.717, 1.165) is 36.8 Å². The van der Waals surface area contributed by atoms with Crippen molar-refractivity contribution in [3.05, 3.63) is 24.3 Å². The normalized spacial score (nSPS) is 22.8. The molecule has 0 saturated carbocycles. The number of anilines is 1. The molecule has 0 bridgehead atoms. The van der Waals surface area contributed by atoms with Gasteiger partial charge in [0.05, 0.1) is 10.9 Å². The fraction of sp³-hybridized carbons (Fsp3) is 0.467. The van der Waals surface area contributed by atoms with E-state index in [4.69, 9.17) is 0 Å². The highest BCUT2D eigenvalue weighted by Crippen LogP contribution is 2.36. The zero-order valence-corrected chi connectivity index (χ0v) is 13.4. The second kappa shape index (κ2) is 6.68. The number of carbonyl (C=O) groups is 2. The number of thioether (sulfide) groups is 1. The molecule has 1 aromatic rings. The van der Waals surface area contributed by atoms with Gasteiger partial charge >= 0.3 is 0 Å². The van der Waals surface area contributed by atoms with Gasteiger partial charge in [0.1, 0.15) is 0 Å². The van der Waals surface area contributed by atoms with E-state index in [1.165, 1.54) is 11.8 Å². The summed E-state index contributed by atoms with van der Waals surface area (Å²) in [5.74, 6) is -0.200. The number of hydrogen-bond acceptors (Lipinski definition) is 5. The number of amides is 2. The highest BCUT2D eigenvalue weighted by atomic mass is 32.2. The Bertz CT molecular complexity index is 572. The highest BCUT2D eigenvalue weighted by molar-refractivity contribution is 8.01. The lowest BCUT2D eigenvalue weighted by Crippen LogP contribution is -2.53. The van der Waals surface area contributed by atoms with E-state index in [0.29, 0.717) is 0 Å². The molecule has 7 heteroatoms. The number of nitrogens with one attached hydrogen (secondary N) is 2. The van der Waals surface area contributed by atoms with Crippen molar-refractivity contribution in [1.29, 1.82) is 0 Å². The first kappa shape index (κ1) is 15.3. The molecule has 22 heavy (non-hydrogen) atoms. The van der Waals surface area contributed by atoms with Crippen molar-refractivity contribution in [3.63, 3.8) is 0 Å². The van der Waals surface area contributed by atoms with Crippen LogP contribution in [0.5, 0.6) is 0 Å². The van der Waals surface area contributed by atoms with Gasteiger partial charge in [-0.3, -0.25) is 15.0 Å². The van der Waals surface area contributed by atoms with Gasteiger partial charge < -0.3 is 10.2 Å². The number of likely N-dealkylation sites (N-methyl/N-ethyl adjacent to an activating group) is 1. The predicted octanol–water partition coefficient (Wildman–Crippen LogP) is 0.768. The van der Waals surface area contributed by atoms with Crippen molar-refractivity contribution < 1.29 is 9.59 Å². The van der Waals surface area contributed by atoms with Crippen molar-refractivity contribution in [1.82, 2.24) is 15.3 Å². The van der Waals surface area contributed by atoms with Gasteiger partial charge in [0, 0.05) is 37.5 Å². The molecule has 1 fully saturated rings. The van der Waals surface area contributed by atoms with Gasteiger partial charge in [0.25, 0.3) is 0 Å². The number of hydrogen-bond donors (Lipinski definition) is 2. The summed E-state index contributed by atoms with van der Waals surface area (Å²) in [6.45, 7) is 3.50. The van der Waals surface area contributed by atoms with E-state index < -0.39 is 0 Å². The molecule has 0 spiro atoms. The Morgan fingerprint density at radius 3 is 2.82 bits per heavy atom. The fourth-order valence-corrected chi connectivity index (χ4v) is 3.65. The Kier molecular flexibility index (Phi) is 4.66. The molecule has 0 unspecified atom stereocenters. The molecule has 2 heterocycles. The molecule has 1 atom stereocenters. The molecule has 3 rings (SSSR count). The van der Waals surface area contributed by atoms with Gasteiger partial charge in [-0.05, 0) is 19.2 Å². The summed E-state index contributed by atoms with van der Waals surface area (Å²) in [7, 11) is 2.07. The summed E-state index contributed by atoms with van der Waals surface area (Å²) in [5.41, 5.74) is 3.73. The van der Waals surface area contributed by atoms with E-state index in [-0.39, 0.29) is 23.5 Å². The summed E-state index contributed by atoms with van der Waals surface area (Å²) < 4.78 is 0. The third-order valence-electron chi connectivity index (χ3n) is 3.86. The van der Waals surface area contributed by atoms with Crippen LogP contribution >= 0.6 is 11.8 Å². The molecule has 2 aliphatic rings. The standard InChI is InChI=1S/C15H20N4O2S/c1-18-6-8-19(9-7-18)17-14(20)10-13-15(21)16-11-4-2-3-5-12(11)22-13/h2-5,13H,6-10H2,1H3,(H,16,21)(H,17,20)/t13-/m0/s1. The Labute approximate surface area is 134 Å². The number of nitrogens with zero attached hydrogens (tertiary/aromatic N) is 2. The molecule has 2 aliphatic heterocycles. The summed E-state index contributed by atoms with van der Waals surface area (Å²) >= 11 is 1.46. The zero-order chi connectivity index (χ0) is 15.5. The summed E-state index contributed by atoms with van der Waals surface area (Å²) in [6, 6.07) is 7.66. The van der Waals surface area contributed by atoms with Crippen LogP contribution in [0.25, 0.3) is 0 Å². The summed E-state index contributed by atoms with van der Waals surface area (Å²) in [5, 5.41) is 4.42. The van der Waals surface area contributed by atoms with Gasteiger partial charge in [-0.1, -0.05) is 12.1 Å². The van der Waals surface area contributed by atoms with Crippen LogP contribution in [0, 0.1) is 0 Å². The zero-order valence-electron chi connectivity index (χ0n) is 12.5. The average Bonchev–Trinajstić information content (AvgIpc) is 2.50. The minimum absolute atomic E-state index is 0.0998. The molecule has 1 aromatic carbocycles. The summed E-state index contributed by atoms with van der Waals surface area (Å²) in [6.07, 6.45) is 0.192. The quantitative estimate of drug-likeness (QED) is 0.861. The molecule has 0 aliphatic carbocycles. The molecule has 118 valence electrons. The largest absolute Gasteiger partial charge is 0.324 e. The third-order valence-corrected chi connectivity index (χ3v) is 5.14. The van der Waals surface area contributed by atoms with E-state index in [9.17, 15) is 9.59 Å². The molecular formula is C15H20N4O2S. The van der Waals surface area contributed by atoms with Crippen LogP contribution in [-0.2, 0) is 9.59 Å². The molecule has 1 saturated heterocycles. The maximum Gasteiger partial charge on any atom is 0.238 e. The van der Waals surface area contributed by atoms with E-state index in [1.807, 2.05) is 29.3 Å². The predicted molar refractivity (Wildman–Crippen MR) is 86.5 cm³/mol. The minimum Gasteiger partial charge on any atom is -0.324 e. The van der Waals surface area contributed by atoms with E-state index in [2.05, 4.69) is 22.7 Å². The maximum absolute atomic E-state index is 12.2. The van der Waals surface area contributed by atoms with Crippen molar-refractivity contribution in [3.8, 4) is 0 Å². The van der Waals surface area contributed by atoms with Gasteiger partial charge in [0.2, 0.25) is 11.8 Å². The second-order valence-corrected chi connectivity index (χ2v) is 6.87. The Morgan fingerprint density at radius 2 is 2.05 bits per heavy atom. The number of fused-ring (bicyclic) bond motifs is 1. The van der Waals surface area contributed by atoms with Gasteiger partial charge in [-0.2, -0.15) is 0 Å². The molecular weight excluding hydrogens is 300 g/mol. The monoisotopic (exact) mass is 320 g/mol. The maximum atomic E-state index is 12.2. The number of rotatable bonds is 3. The number of para-hydroxylation sites is 1. The van der Waals surface area contributed by atoms with Crippen molar-refractivity contribution >= 4 is 29.3 Å². The number of piperazine rings is 1. The Hall–Kier alpha value is -1.57. The van der Waals surface area contributed by atoms with E-state index >= 15 is 0 Å². The van der Waals surface area contributed by atoms with Crippen LogP contribution in [0.4, 0.5) is 5.69 Å². The molecule has 6 nitrogen and oxygen atoms in total. The molecule has 2 amide bonds. The Balaban J connectivity index is 1.54. The van der Waals surface area contributed by atoms with Gasteiger partial charge in [0.15, 0.2) is 0 Å². The van der Waals surface area contributed by atoms with Crippen LogP contribution in [0.3, 0.4) is 0 Å². The van der Waals surface area contributed by atoms with Crippen LogP contribution in [0.2, 0.25) is 0 Å². The van der Waals surface area contributed by atoms with Crippen molar-refractivity contribution in [2.24, 2.45) is 0 Å². The van der Waals surface area contributed by atoms with Crippen LogP contribution < -0.4 is 10.7 Å². The smallest absolute Gasteiger partial charge is 0.238 e. The van der Waals surface area contributed by atoms with Crippen LogP contribution in [0.1, 0.15) is 6.42 Å². The third kappa shape index (κ3) is 3.60. The Morgan fingerprint density at radius 1 is 1.32 bits per heavy atom. The molecule has 2 N–H and O–H groups in total. The van der Waals surface area contributed by atoms with Crippen molar-refractivity contribution in [2.75, 3.05) is 38.5 Å². The second-order valence-electron chi connectivity index (χ2n) is 5.62. The lowest BCUT2D eigenvalue weighted by Gasteiger charge is -2.32. The van der Waals surface area contributed by atoms with Crippen LogP contribution in [-0.4, -0.2) is 60.2 Å². The number of benzene rings is 1. The lowest BCUT2D eigenvalue weighted by atomic mass is 10.2. The van der Waals surface area contributed by atoms with E-state index in [1.54, 1.807) is 0 Å². The molecule has 0 radical (unpaired) electrons.